The second kappa shape index (κ2) is 5.04. The maximum absolute atomic E-state index is 9.50. The largest absolute Gasteiger partial charge is 0.389 e. The number of hydrogen-bond acceptors (Lipinski definition) is 3. The molecule has 1 atom stereocenters. The van der Waals surface area contributed by atoms with Crippen molar-refractivity contribution in [1.82, 2.24) is 5.32 Å². The van der Waals surface area contributed by atoms with Crippen LogP contribution in [-0.2, 0) is 0 Å². The first-order valence-electron chi connectivity index (χ1n) is 5.61. The fraction of sp³-hybridized carbons (Fsp3) is 0.500. The van der Waals surface area contributed by atoms with Gasteiger partial charge in [0.2, 0.25) is 0 Å². The third-order valence-electron chi connectivity index (χ3n) is 2.92. The summed E-state index contributed by atoms with van der Waals surface area (Å²) in [4.78, 5) is 2.30. The van der Waals surface area contributed by atoms with Crippen molar-refractivity contribution < 1.29 is 5.11 Å². The van der Waals surface area contributed by atoms with Crippen LogP contribution in [0.1, 0.15) is 18.6 Å². The van der Waals surface area contributed by atoms with E-state index in [4.69, 9.17) is 11.6 Å². The molecule has 1 aliphatic heterocycles. The van der Waals surface area contributed by atoms with Gasteiger partial charge in [-0.05, 0) is 24.6 Å². The summed E-state index contributed by atoms with van der Waals surface area (Å²) in [5, 5.41) is 13.5. The Balaban J connectivity index is 2.19. The normalized spacial score (nSPS) is 18.6. The summed E-state index contributed by atoms with van der Waals surface area (Å²) < 4.78 is 0. The number of halogens is 1. The van der Waals surface area contributed by atoms with Gasteiger partial charge in [-0.3, -0.25) is 0 Å². The Kier molecular flexibility index (Phi) is 3.69. The molecule has 1 aliphatic rings. The van der Waals surface area contributed by atoms with E-state index in [2.05, 4.69) is 10.2 Å². The topological polar surface area (TPSA) is 35.5 Å². The molecule has 0 bridgehead atoms. The molecule has 1 aromatic rings. The van der Waals surface area contributed by atoms with Gasteiger partial charge >= 0.3 is 0 Å². The Morgan fingerprint density at radius 3 is 2.62 bits per heavy atom. The van der Waals surface area contributed by atoms with Crippen molar-refractivity contribution >= 4 is 17.3 Å². The zero-order valence-corrected chi connectivity index (χ0v) is 10.2. The monoisotopic (exact) mass is 240 g/mol. The number of hydrogen-bond donors (Lipinski definition) is 2. The van der Waals surface area contributed by atoms with Gasteiger partial charge in [0, 0.05) is 36.9 Å². The molecular weight excluding hydrogens is 224 g/mol. The average Bonchev–Trinajstić information content (AvgIpc) is 2.29. The summed E-state index contributed by atoms with van der Waals surface area (Å²) >= 11 is 6.14. The molecule has 0 aliphatic carbocycles. The molecule has 88 valence electrons. The van der Waals surface area contributed by atoms with Gasteiger partial charge in [0.05, 0.1) is 6.10 Å². The summed E-state index contributed by atoms with van der Waals surface area (Å²) in [5.41, 5.74) is 1.93. The summed E-state index contributed by atoms with van der Waals surface area (Å²) in [6.45, 7) is 5.76. The van der Waals surface area contributed by atoms with E-state index >= 15 is 0 Å². The van der Waals surface area contributed by atoms with Gasteiger partial charge in [0.25, 0.3) is 0 Å². The molecule has 0 saturated carbocycles. The van der Waals surface area contributed by atoms with Gasteiger partial charge in [-0.25, -0.2) is 0 Å². The van der Waals surface area contributed by atoms with Crippen LogP contribution in [0.4, 0.5) is 5.69 Å². The van der Waals surface area contributed by atoms with Crippen molar-refractivity contribution in [3.05, 3.63) is 28.8 Å². The molecule has 0 aromatic heterocycles. The second-order valence-corrected chi connectivity index (χ2v) is 4.53. The van der Waals surface area contributed by atoms with Crippen molar-refractivity contribution in [1.29, 1.82) is 0 Å². The van der Waals surface area contributed by atoms with E-state index in [1.54, 1.807) is 6.92 Å². The molecule has 3 nitrogen and oxygen atoms in total. The second-order valence-electron chi connectivity index (χ2n) is 4.12. The third kappa shape index (κ3) is 2.48. The average molecular weight is 241 g/mol. The van der Waals surface area contributed by atoms with E-state index in [1.807, 2.05) is 18.2 Å². The van der Waals surface area contributed by atoms with Crippen LogP contribution < -0.4 is 10.2 Å². The lowest BCUT2D eigenvalue weighted by atomic mass is 10.1. The molecule has 0 spiro atoms. The SMILES string of the molecule is CC(O)c1ccc(N2CCNCC2)cc1Cl. The molecule has 0 amide bonds. The van der Waals surface area contributed by atoms with Crippen molar-refractivity contribution in [2.75, 3.05) is 31.1 Å². The van der Waals surface area contributed by atoms with Gasteiger partial charge in [0.15, 0.2) is 0 Å². The molecule has 1 heterocycles. The molecule has 16 heavy (non-hydrogen) atoms. The number of rotatable bonds is 2. The number of benzene rings is 1. The number of nitrogens with zero attached hydrogens (tertiary/aromatic N) is 1. The number of piperazine rings is 1. The lowest BCUT2D eigenvalue weighted by molar-refractivity contribution is 0.199. The van der Waals surface area contributed by atoms with E-state index in [0.29, 0.717) is 5.02 Å². The standard InChI is InChI=1S/C12H17ClN2O/c1-9(16)11-3-2-10(8-12(11)13)15-6-4-14-5-7-15/h2-3,8-9,14,16H,4-7H2,1H3. The smallest absolute Gasteiger partial charge is 0.0776 e. The highest BCUT2D eigenvalue weighted by molar-refractivity contribution is 6.31. The zero-order valence-electron chi connectivity index (χ0n) is 9.41. The predicted octanol–water partition coefficient (Wildman–Crippen LogP) is 1.80. The van der Waals surface area contributed by atoms with Crippen LogP contribution in [0.3, 0.4) is 0 Å². The minimum atomic E-state index is -0.510. The Morgan fingerprint density at radius 1 is 1.38 bits per heavy atom. The first-order valence-corrected chi connectivity index (χ1v) is 5.99. The summed E-state index contributed by atoms with van der Waals surface area (Å²) in [7, 11) is 0. The highest BCUT2D eigenvalue weighted by Crippen LogP contribution is 2.27. The Hall–Kier alpha value is -0.770. The fourth-order valence-electron chi connectivity index (χ4n) is 1.97. The van der Waals surface area contributed by atoms with Crippen LogP contribution in [0.15, 0.2) is 18.2 Å². The van der Waals surface area contributed by atoms with E-state index < -0.39 is 6.10 Å². The van der Waals surface area contributed by atoms with Crippen LogP contribution in [0.25, 0.3) is 0 Å². The van der Waals surface area contributed by atoms with Crippen molar-refractivity contribution in [2.24, 2.45) is 0 Å². The summed E-state index contributed by atoms with van der Waals surface area (Å²) in [5.74, 6) is 0. The van der Waals surface area contributed by atoms with Crippen LogP contribution in [0.5, 0.6) is 0 Å². The molecular formula is C12H17ClN2O. The maximum Gasteiger partial charge on any atom is 0.0776 e. The molecule has 1 saturated heterocycles. The highest BCUT2D eigenvalue weighted by Gasteiger charge is 2.13. The van der Waals surface area contributed by atoms with Crippen molar-refractivity contribution in [3.8, 4) is 0 Å². The highest BCUT2D eigenvalue weighted by atomic mass is 35.5. The number of anilines is 1. The van der Waals surface area contributed by atoms with E-state index in [1.165, 1.54) is 0 Å². The minimum Gasteiger partial charge on any atom is -0.389 e. The summed E-state index contributed by atoms with van der Waals surface area (Å²) in [6, 6.07) is 5.87. The fourth-order valence-corrected chi connectivity index (χ4v) is 2.31. The van der Waals surface area contributed by atoms with Crippen LogP contribution in [-0.4, -0.2) is 31.3 Å². The molecule has 1 fully saturated rings. The lowest BCUT2D eigenvalue weighted by Gasteiger charge is -2.29. The van der Waals surface area contributed by atoms with Gasteiger partial charge in [-0.15, -0.1) is 0 Å². The quantitative estimate of drug-likeness (QED) is 0.828. The Labute approximate surface area is 101 Å². The van der Waals surface area contributed by atoms with Crippen molar-refractivity contribution in [3.63, 3.8) is 0 Å². The van der Waals surface area contributed by atoms with Crippen molar-refractivity contribution in [2.45, 2.75) is 13.0 Å². The maximum atomic E-state index is 9.50. The summed E-state index contributed by atoms with van der Waals surface area (Å²) in [6.07, 6.45) is -0.510. The Bertz CT molecular complexity index is 362. The first kappa shape index (κ1) is 11.7. The van der Waals surface area contributed by atoms with Gasteiger partial charge < -0.3 is 15.3 Å². The first-order chi connectivity index (χ1) is 7.68. The third-order valence-corrected chi connectivity index (χ3v) is 3.24. The van der Waals surface area contributed by atoms with Gasteiger partial charge in [0.1, 0.15) is 0 Å². The minimum absolute atomic E-state index is 0.510. The van der Waals surface area contributed by atoms with Gasteiger partial charge in [-0.1, -0.05) is 17.7 Å². The predicted molar refractivity (Wildman–Crippen MR) is 67.2 cm³/mol. The number of aliphatic hydroxyl groups is 1. The lowest BCUT2D eigenvalue weighted by Crippen LogP contribution is -2.43. The molecule has 2 N–H and O–H groups in total. The van der Waals surface area contributed by atoms with E-state index in [9.17, 15) is 5.11 Å². The zero-order chi connectivity index (χ0) is 11.5. The van der Waals surface area contributed by atoms with Crippen LogP contribution in [0, 0.1) is 0 Å². The number of aliphatic hydroxyl groups excluding tert-OH is 1. The van der Waals surface area contributed by atoms with E-state index in [-0.39, 0.29) is 0 Å². The molecule has 2 rings (SSSR count). The molecule has 1 aromatic carbocycles. The number of nitrogens with one attached hydrogen (secondary N) is 1. The van der Waals surface area contributed by atoms with Crippen LogP contribution in [0.2, 0.25) is 5.02 Å². The van der Waals surface area contributed by atoms with Gasteiger partial charge in [-0.2, -0.15) is 0 Å². The molecule has 1 unspecified atom stereocenters. The molecule has 4 heteroatoms. The molecule has 0 radical (unpaired) electrons. The van der Waals surface area contributed by atoms with Crippen LogP contribution >= 0.6 is 11.6 Å². The Morgan fingerprint density at radius 2 is 2.06 bits per heavy atom. The van der Waals surface area contributed by atoms with E-state index in [0.717, 1.165) is 37.4 Å².